The number of allylic oxidation sites excluding steroid dienone is 15. The molecular formula is C63H114N2O6P+. The molecule has 0 aromatic heterocycles. The van der Waals surface area contributed by atoms with Crippen LogP contribution >= 0.6 is 7.82 Å². The van der Waals surface area contributed by atoms with E-state index >= 15 is 0 Å². The van der Waals surface area contributed by atoms with E-state index in [1.807, 2.05) is 27.2 Å². The van der Waals surface area contributed by atoms with Crippen molar-refractivity contribution in [1.29, 1.82) is 0 Å². The zero-order chi connectivity index (χ0) is 52.7. The third kappa shape index (κ3) is 55.2. The highest BCUT2D eigenvalue weighted by Gasteiger charge is 2.27. The van der Waals surface area contributed by atoms with Gasteiger partial charge in [0.1, 0.15) is 13.2 Å². The largest absolute Gasteiger partial charge is 0.472 e. The third-order valence-corrected chi connectivity index (χ3v) is 13.7. The van der Waals surface area contributed by atoms with Crippen molar-refractivity contribution in [1.82, 2.24) is 5.32 Å². The van der Waals surface area contributed by atoms with Crippen molar-refractivity contribution in [3.8, 4) is 0 Å². The number of aliphatic hydroxyl groups excluding tert-OH is 1. The highest BCUT2D eigenvalue weighted by atomic mass is 31.2. The van der Waals surface area contributed by atoms with Gasteiger partial charge in [0.05, 0.1) is 39.9 Å². The van der Waals surface area contributed by atoms with Gasteiger partial charge in [-0.1, -0.05) is 246 Å². The molecule has 0 aliphatic carbocycles. The Hall–Kier alpha value is -2.58. The molecule has 0 aliphatic heterocycles. The highest BCUT2D eigenvalue weighted by Crippen LogP contribution is 2.43. The van der Waals surface area contributed by atoms with E-state index in [1.54, 1.807) is 6.08 Å². The zero-order valence-electron chi connectivity index (χ0n) is 47.4. The number of carbonyl (C=O) groups is 1. The van der Waals surface area contributed by atoms with E-state index < -0.39 is 20.0 Å². The number of aliphatic hydroxyl groups is 1. The van der Waals surface area contributed by atoms with Crippen molar-refractivity contribution in [3.05, 3.63) is 97.2 Å². The van der Waals surface area contributed by atoms with Crippen LogP contribution in [0.5, 0.6) is 0 Å². The Labute approximate surface area is 445 Å². The minimum Gasteiger partial charge on any atom is -0.387 e. The Morgan fingerprint density at radius 2 is 0.847 bits per heavy atom. The minimum atomic E-state index is -4.36. The fourth-order valence-corrected chi connectivity index (χ4v) is 8.90. The van der Waals surface area contributed by atoms with Crippen LogP contribution in [0.1, 0.15) is 245 Å². The lowest BCUT2D eigenvalue weighted by Crippen LogP contribution is -2.45. The first-order valence-corrected chi connectivity index (χ1v) is 31.1. The lowest BCUT2D eigenvalue weighted by molar-refractivity contribution is -0.870. The second-order valence-electron chi connectivity index (χ2n) is 21.0. The maximum atomic E-state index is 13.0. The monoisotopic (exact) mass is 1030 g/mol. The van der Waals surface area contributed by atoms with E-state index in [9.17, 15) is 19.4 Å². The number of amides is 1. The lowest BCUT2D eigenvalue weighted by Gasteiger charge is -2.25. The molecular weight excluding hydrogens is 912 g/mol. The summed E-state index contributed by atoms with van der Waals surface area (Å²) >= 11 is 0. The summed E-state index contributed by atoms with van der Waals surface area (Å²) in [5.41, 5.74) is 0. The number of carbonyl (C=O) groups excluding carboxylic acids is 1. The fraction of sp³-hybridized carbons (Fsp3) is 0.730. The number of phosphoric acid groups is 1. The first kappa shape index (κ1) is 69.4. The predicted molar refractivity (Wildman–Crippen MR) is 313 cm³/mol. The molecule has 0 rings (SSSR count). The first-order chi connectivity index (χ1) is 35.0. The van der Waals surface area contributed by atoms with E-state index in [1.165, 1.54) is 148 Å². The Balaban J connectivity index is 4.14. The molecule has 0 aliphatic rings. The molecule has 3 N–H and O–H groups in total. The van der Waals surface area contributed by atoms with Crippen LogP contribution in [0.15, 0.2) is 97.2 Å². The van der Waals surface area contributed by atoms with E-state index in [-0.39, 0.29) is 19.1 Å². The number of likely N-dealkylation sites (N-methyl/N-ethyl adjacent to an activating group) is 1. The fourth-order valence-electron chi connectivity index (χ4n) is 8.16. The molecule has 3 atom stereocenters. The average molecular weight is 1030 g/mol. The zero-order valence-corrected chi connectivity index (χ0v) is 48.3. The van der Waals surface area contributed by atoms with Crippen molar-refractivity contribution in [3.63, 3.8) is 0 Å². The van der Waals surface area contributed by atoms with Crippen molar-refractivity contribution in [2.45, 2.75) is 257 Å². The Kier molecular flexibility index (Phi) is 51.3. The molecule has 416 valence electrons. The molecule has 0 aromatic carbocycles. The SMILES string of the molecule is CC/C=C\C/C=C\C/C=C\C/C=C\C/C=C\CCCCCCCCCCCCCCCCCCCC(=O)NC(COP(=O)(O)OCC[N+](C)(C)C)C(O)/C=C/CC/C=C/CC/C=C/CCCCCCCCC. The summed E-state index contributed by atoms with van der Waals surface area (Å²) in [6.45, 7) is 4.67. The van der Waals surface area contributed by atoms with E-state index in [0.717, 1.165) is 77.0 Å². The molecule has 0 saturated carbocycles. The van der Waals surface area contributed by atoms with Gasteiger partial charge in [-0.2, -0.15) is 0 Å². The maximum Gasteiger partial charge on any atom is 0.472 e. The third-order valence-electron chi connectivity index (χ3n) is 12.8. The van der Waals surface area contributed by atoms with Crippen LogP contribution in [0, 0.1) is 0 Å². The van der Waals surface area contributed by atoms with Gasteiger partial charge >= 0.3 is 7.82 Å². The summed E-state index contributed by atoms with van der Waals surface area (Å²) in [5.74, 6) is -0.192. The van der Waals surface area contributed by atoms with Crippen LogP contribution in [-0.2, 0) is 18.4 Å². The number of rotatable bonds is 53. The second-order valence-corrected chi connectivity index (χ2v) is 22.4. The molecule has 0 fully saturated rings. The van der Waals surface area contributed by atoms with Crippen LogP contribution in [0.2, 0.25) is 0 Å². The molecule has 1 amide bonds. The van der Waals surface area contributed by atoms with Crippen LogP contribution in [0.4, 0.5) is 0 Å². The summed E-state index contributed by atoms with van der Waals surface area (Å²) < 4.78 is 23.7. The smallest absolute Gasteiger partial charge is 0.387 e. The minimum absolute atomic E-state index is 0.0507. The number of hydrogen-bond acceptors (Lipinski definition) is 5. The summed E-state index contributed by atoms with van der Waals surface area (Å²) in [5, 5.41) is 13.9. The van der Waals surface area contributed by atoms with Gasteiger partial charge < -0.3 is 19.8 Å². The molecule has 3 unspecified atom stereocenters. The van der Waals surface area contributed by atoms with E-state index in [0.29, 0.717) is 17.4 Å². The molecule has 0 spiro atoms. The van der Waals surface area contributed by atoms with Crippen molar-refractivity contribution >= 4 is 13.7 Å². The highest BCUT2D eigenvalue weighted by molar-refractivity contribution is 7.47. The molecule has 0 aromatic rings. The number of quaternary nitrogens is 1. The number of nitrogens with one attached hydrogen (secondary N) is 1. The number of nitrogens with zero attached hydrogens (tertiary/aromatic N) is 1. The van der Waals surface area contributed by atoms with Crippen LogP contribution in [0.25, 0.3) is 0 Å². The van der Waals surface area contributed by atoms with Crippen molar-refractivity contribution in [2.75, 3.05) is 40.9 Å². The molecule has 9 heteroatoms. The van der Waals surface area contributed by atoms with E-state index in [4.69, 9.17) is 9.05 Å². The number of phosphoric ester groups is 1. The van der Waals surface area contributed by atoms with Gasteiger partial charge in [-0.15, -0.1) is 0 Å². The predicted octanol–water partition coefficient (Wildman–Crippen LogP) is 18.2. The topological polar surface area (TPSA) is 105 Å². The Bertz CT molecular complexity index is 1490. The molecule has 0 radical (unpaired) electrons. The van der Waals surface area contributed by atoms with Crippen LogP contribution < -0.4 is 5.32 Å². The van der Waals surface area contributed by atoms with Gasteiger partial charge in [0.25, 0.3) is 0 Å². The summed E-state index contributed by atoms with van der Waals surface area (Å²) in [4.78, 5) is 23.3. The second kappa shape index (κ2) is 53.3. The summed E-state index contributed by atoms with van der Waals surface area (Å²) in [6, 6.07) is -0.874. The summed E-state index contributed by atoms with van der Waals surface area (Å²) in [6.07, 6.45) is 76.6. The molecule has 72 heavy (non-hydrogen) atoms. The van der Waals surface area contributed by atoms with E-state index in [2.05, 4.69) is 104 Å². The average Bonchev–Trinajstić information content (AvgIpc) is 3.34. The Morgan fingerprint density at radius 1 is 0.486 bits per heavy atom. The quantitative estimate of drug-likeness (QED) is 0.0243. The number of unbranched alkanes of at least 4 members (excludes halogenated alkanes) is 26. The normalized spacial score (nSPS) is 14.6. The van der Waals surface area contributed by atoms with Gasteiger partial charge in [-0.05, 0) is 89.9 Å². The molecule has 8 nitrogen and oxygen atoms in total. The molecule has 0 bridgehead atoms. The Morgan fingerprint density at radius 3 is 1.28 bits per heavy atom. The van der Waals surface area contributed by atoms with Crippen LogP contribution in [0.3, 0.4) is 0 Å². The summed E-state index contributed by atoms with van der Waals surface area (Å²) in [7, 11) is 1.54. The lowest BCUT2D eigenvalue weighted by atomic mass is 10.0. The first-order valence-electron chi connectivity index (χ1n) is 29.6. The van der Waals surface area contributed by atoms with Gasteiger partial charge in [-0.25, -0.2) is 4.57 Å². The molecule has 0 saturated heterocycles. The van der Waals surface area contributed by atoms with Crippen molar-refractivity contribution < 1.29 is 32.9 Å². The number of hydrogen-bond donors (Lipinski definition) is 3. The molecule has 0 heterocycles. The van der Waals surface area contributed by atoms with Gasteiger partial charge in [0, 0.05) is 6.42 Å². The van der Waals surface area contributed by atoms with Crippen LogP contribution in [-0.4, -0.2) is 73.4 Å². The maximum absolute atomic E-state index is 13.0. The van der Waals surface area contributed by atoms with Gasteiger partial charge in [-0.3, -0.25) is 13.8 Å². The standard InChI is InChI=1S/C63H113N2O6P/c1-6-8-10-12-14-16-18-20-22-24-25-26-27-28-29-30-31-32-33-34-35-36-37-38-39-41-43-45-47-49-51-53-55-57-63(67)64-61(60-71-72(68,69)70-59-58-65(3,4)5)62(66)56-54-52-50-48-46-44-42-40-23-21-19-17-15-13-11-9-7-2/h8,10,14,16,20,22-23,25-26,28-29,40,46,48,54,56,61-62,66H,6-7,9,11-13,15,17-19,21,24,27,30-39,41-45,47,49-53,55,57-60H2,1-5H3,(H-,64,67,68,69)/p+1/b10-8-,16-14-,22-20-,26-25-,29-28-,40-23+,48-46+,56-54+. The van der Waals surface area contributed by atoms with Gasteiger partial charge in [0.15, 0.2) is 0 Å². The van der Waals surface area contributed by atoms with Gasteiger partial charge in [0.2, 0.25) is 5.91 Å². The van der Waals surface area contributed by atoms with Crippen molar-refractivity contribution in [2.24, 2.45) is 0 Å².